The van der Waals surface area contributed by atoms with Crippen LogP contribution in [0.1, 0.15) is 45.2 Å². The van der Waals surface area contributed by atoms with Gasteiger partial charge >= 0.3 is 5.97 Å². The molecule has 2 heterocycles. The van der Waals surface area contributed by atoms with Gasteiger partial charge in [0.15, 0.2) is 0 Å². The highest BCUT2D eigenvalue weighted by atomic mass is 32.2. The van der Waals surface area contributed by atoms with Gasteiger partial charge in [-0.25, -0.2) is 13.4 Å². The molecule has 2 aromatic carbocycles. The number of nitrogens with zero attached hydrogens (tertiary/aromatic N) is 2. The maximum absolute atomic E-state index is 13.5. The molecule has 0 fully saturated rings. The average Bonchev–Trinajstić information content (AvgIpc) is 3.26. The Kier molecular flexibility index (Phi) is 9.29. The van der Waals surface area contributed by atoms with Crippen LogP contribution in [0.15, 0.2) is 64.4 Å². The van der Waals surface area contributed by atoms with E-state index < -0.39 is 22.0 Å². The number of benzene rings is 2. The van der Waals surface area contributed by atoms with Crippen molar-refractivity contribution in [1.29, 1.82) is 0 Å². The van der Waals surface area contributed by atoms with Crippen molar-refractivity contribution in [1.82, 2.24) is 19.3 Å². The van der Waals surface area contributed by atoms with Crippen molar-refractivity contribution < 1.29 is 22.7 Å². The fourth-order valence-electron chi connectivity index (χ4n) is 4.61. The molecule has 4 aromatic rings. The van der Waals surface area contributed by atoms with Crippen LogP contribution < -0.4 is 15.0 Å². The molecule has 0 aliphatic rings. The van der Waals surface area contributed by atoms with E-state index in [-0.39, 0.29) is 28.8 Å². The molecular formula is C30H36N4O6S. The van der Waals surface area contributed by atoms with E-state index in [1.54, 1.807) is 32.4 Å². The highest BCUT2D eigenvalue weighted by Crippen LogP contribution is 2.31. The molecule has 0 saturated carbocycles. The summed E-state index contributed by atoms with van der Waals surface area (Å²) in [6, 6.07) is 12.3. The first kappa shape index (κ1) is 30.0. The molecule has 0 unspecified atom stereocenters. The number of hydrogen-bond donors (Lipinski definition) is 2. The molecule has 0 aliphatic heterocycles. The zero-order valence-electron chi connectivity index (χ0n) is 23.9. The first-order valence-electron chi connectivity index (χ1n) is 13.6. The van der Waals surface area contributed by atoms with Crippen LogP contribution >= 0.6 is 0 Å². The SMILES string of the molecule is CCCc1cn(C)c2c(=O)[nH]c(-c3cc(S(=O)(=O)N[C@H](C(=O)OCc4ccccc4)C(C)C)ccc3OCC)nc12. The molecule has 4 rings (SSSR count). The number of hydrogen-bond acceptors (Lipinski definition) is 7. The number of H-pyrrole nitrogens is 1. The quantitative estimate of drug-likeness (QED) is 0.239. The van der Waals surface area contributed by atoms with Crippen LogP contribution in [-0.4, -0.2) is 41.6 Å². The molecule has 0 amide bonds. The van der Waals surface area contributed by atoms with Gasteiger partial charge in [0.1, 0.15) is 29.7 Å². The van der Waals surface area contributed by atoms with E-state index in [1.165, 1.54) is 18.2 Å². The summed E-state index contributed by atoms with van der Waals surface area (Å²) in [5.74, 6) is -0.507. The monoisotopic (exact) mass is 580 g/mol. The van der Waals surface area contributed by atoms with Crippen molar-refractivity contribution in [3.8, 4) is 17.1 Å². The molecule has 2 aromatic heterocycles. The topological polar surface area (TPSA) is 132 Å². The van der Waals surface area contributed by atoms with Crippen molar-refractivity contribution in [3.63, 3.8) is 0 Å². The van der Waals surface area contributed by atoms with E-state index in [0.29, 0.717) is 29.0 Å². The summed E-state index contributed by atoms with van der Waals surface area (Å²) in [6.45, 7) is 7.66. The van der Waals surface area contributed by atoms with E-state index in [0.717, 1.165) is 24.0 Å². The van der Waals surface area contributed by atoms with Crippen LogP contribution in [0.2, 0.25) is 0 Å². The van der Waals surface area contributed by atoms with Gasteiger partial charge < -0.3 is 19.0 Å². The minimum Gasteiger partial charge on any atom is -0.493 e. The molecule has 10 nitrogen and oxygen atoms in total. The number of nitrogens with one attached hydrogen (secondary N) is 2. The second kappa shape index (κ2) is 12.7. The fraction of sp³-hybridized carbons (Fsp3) is 0.367. The molecule has 1 atom stereocenters. The molecule has 2 N–H and O–H groups in total. The van der Waals surface area contributed by atoms with E-state index in [4.69, 9.17) is 14.5 Å². The first-order chi connectivity index (χ1) is 19.6. The summed E-state index contributed by atoms with van der Waals surface area (Å²) >= 11 is 0. The second-order valence-electron chi connectivity index (χ2n) is 10.2. The van der Waals surface area contributed by atoms with Crippen molar-refractivity contribution >= 4 is 27.0 Å². The number of carbonyl (C=O) groups excluding carboxylic acids is 1. The molecule has 0 radical (unpaired) electrons. The van der Waals surface area contributed by atoms with Gasteiger partial charge in [-0.1, -0.05) is 57.5 Å². The molecule has 0 saturated heterocycles. The van der Waals surface area contributed by atoms with E-state index in [1.807, 2.05) is 43.5 Å². The summed E-state index contributed by atoms with van der Waals surface area (Å²) in [6.07, 6.45) is 3.50. The average molecular weight is 581 g/mol. The smallest absolute Gasteiger partial charge is 0.324 e. The summed E-state index contributed by atoms with van der Waals surface area (Å²) in [4.78, 5) is 33.4. The van der Waals surface area contributed by atoms with Gasteiger partial charge in [-0.2, -0.15) is 4.72 Å². The standard InChI is InChI=1S/C30H36N4O6S/c1-6-11-21-17-34(5)27-26(21)31-28(32-29(27)35)23-16-22(14-15-24(23)39-7-2)41(37,38)33-25(19(3)4)30(36)40-18-20-12-9-8-10-13-20/h8-10,12-17,19,25,33H,6-7,11,18H2,1-5H3,(H,31,32,35)/t25-/m0/s1. The normalized spacial score (nSPS) is 12.5. The van der Waals surface area contributed by atoms with Crippen molar-refractivity contribution in [2.75, 3.05) is 6.61 Å². The van der Waals surface area contributed by atoms with E-state index in [9.17, 15) is 18.0 Å². The third kappa shape index (κ3) is 6.68. The Morgan fingerprint density at radius 3 is 2.51 bits per heavy atom. The lowest BCUT2D eigenvalue weighted by Gasteiger charge is -2.21. The summed E-state index contributed by atoms with van der Waals surface area (Å²) < 4.78 is 42.5. The fourth-order valence-corrected chi connectivity index (χ4v) is 5.97. The lowest BCUT2D eigenvalue weighted by Crippen LogP contribution is -2.45. The highest BCUT2D eigenvalue weighted by Gasteiger charge is 2.30. The number of rotatable bonds is 12. The largest absolute Gasteiger partial charge is 0.493 e. The number of sulfonamides is 1. The molecule has 0 bridgehead atoms. The lowest BCUT2D eigenvalue weighted by atomic mass is 10.1. The Bertz CT molecular complexity index is 1690. The van der Waals surface area contributed by atoms with Crippen LogP contribution in [0.5, 0.6) is 5.75 Å². The van der Waals surface area contributed by atoms with Crippen LogP contribution in [0.4, 0.5) is 0 Å². The predicted molar refractivity (Wildman–Crippen MR) is 157 cm³/mol. The van der Waals surface area contributed by atoms with Crippen LogP contribution in [0.25, 0.3) is 22.4 Å². The Labute approximate surface area is 239 Å². The van der Waals surface area contributed by atoms with Gasteiger partial charge in [0, 0.05) is 13.2 Å². The number of aromatic amines is 1. The van der Waals surface area contributed by atoms with Gasteiger partial charge in [-0.3, -0.25) is 9.59 Å². The zero-order valence-corrected chi connectivity index (χ0v) is 24.7. The summed E-state index contributed by atoms with van der Waals surface area (Å²) in [5.41, 5.74) is 2.69. The van der Waals surface area contributed by atoms with Gasteiger partial charge in [-0.05, 0) is 48.6 Å². The lowest BCUT2D eigenvalue weighted by molar-refractivity contribution is -0.148. The van der Waals surface area contributed by atoms with E-state index >= 15 is 0 Å². The minimum atomic E-state index is -4.19. The molecule has 0 spiro atoms. The Hall–Kier alpha value is -3.96. The second-order valence-corrected chi connectivity index (χ2v) is 11.9. The number of carbonyl (C=O) groups is 1. The Morgan fingerprint density at radius 1 is 1.12 bits per heavy atom. The van der Waals surface area contributed by atoms with Crippen LogP contribution in [-0.2, 0) is 39.6 Å². The maximum Gasteiger partial charge on any atom is 0.324 e. The Morgan fingerprint density at radius 2 is 1.85 bits per heavy atom. The van der Waals surface area contributed by atoms with Crippen LogP contribution in [0.3, 0.4) is 0 Å². The van der Waals surface area contributed by atoms with Gasteiger partial charge in [0.25, 0.3) is 5.56 Å². The molecule has 0 aliphatic carbocycles. The van der Waals surface area contributed by atoms with Gasteiger partial charge in [-0.15, -0.1) is 0 Å². The van der Waals surface area contributed by atoms with E-state index in [2.05, 4.69) is 9.71 Å². The van der Waals surface area contributed by atoms with Crippen molar-refractivity contribution in [2.24, 2.45) is 13.0 Å². The number of esters is 1. The summed E-state index contributed by atoms with van der Waals surface area (Å²) in [7, 11) is -2.40. The number of aryl methyl sites for hydroxylation is 2. The number of fused-ring (bicyclic) bond motifs is 1. The van der Waals surface area contributed by atoms with Crippen molar-refractivity contribution in [3.05, 3.63) is 76.2 Å². The van der Waals surface area contributed by atoms with Crippen LogP contribution in [0, 0.1) is 5.92 Å². The molecular weight excluding hydrogens is 544 g/mol. The predicted octanol–water partition coefficient (Wildman–Crippen LogP) is 4.33. The van der Waals surface area contributed by atoms with Gasteiger partial charge in [0.05, 0.1) is 22.6 Å². The zero-order chi connectivity index (χ0) is 29.7. The number of aromatic nitrogens is 3. The van der Waals surface area contributed by atoms with Crippen molar-refractivity contribution in [2.45, 2.75) is 58.1 Å². The third-order valence-electron chi connectivity index (χ3n) is 6.66. The minimum absolute atomic E-state index is 0.0266. The van der Waals surface area contributed by atoms with Gasteiger partial charge in [0.2, 0.25) is 10.0 Å². The Balaban J connectivity index is 1.70. The number of ether oxygens (including phenoxy) is 2. The third-order valence-corrected chi connectivity index (χ3v) is 8.10. The molecule has 11 heteroatoms. The highest BCUT2D eigenvalue weighted by molar-refractivity contribution is 7.89. The maximum atomic E-state index is 13.5. The summed E-state index contributed by atoms with van der Waals surface area (Å²) in [5, 5.41) is 0. The first-order valence-corrected chi connectivity index (χ1v) is 15.1. The molecule has 218 valence electrons. The molecule has 41 heavy (non-hydrogen) atoms.